The molecule has 0 saturated carbocycles. The molecule has 3 rings (SSSR count). The Hall–Kier alpha value is -2.89. The zero-order chi connectivity index (χ0) is 20.1. The fraction of sp³-hybridized carbons (Fsp3) is 0.409. The highest BCUT2D eigenvalue weighted by atomic mass is 16.5. The second kappa shape index (κ2) is 8.87. The van der Waals surface area contributed by atoms with Crippen molar-refractivity contribution >= 4 is 11.6 Å². The molecule has 0 radical (unpaired) electrons. The van der Waals surface area contributed by atoms with Crippen LogP contribution >= 0.6 is 0 Å². The molecule has 0 spiro atoms. The molecule has 0 bridgehead atoms. The molecule has 150 valence electrons. The van der Waals surface area contributed by atoms with Crippen molar-refractivity contribution in [2.75, 3.05) is 45.9 Å². The third-order valence-electron chi connectivity index (χ3n) is 5.16. The third kappa shape index (κ3) is 4.32. The Kier molecular flexibility index (Phi) is 6.29. The molecular weight excluding hydrogens is 356 g/mol. The predicted octanol–water partition coefficient (Wildman–Crippen LogP) is 3.28. The lowest BCUT2D eigenvalue weighted by Gasteiger charge is -2.19. The van der Waals surface area contributed by atoms with E-state index < -0.39 is 0 Å². The first kappa shape index (κ1) is 19.9. The first-order chi connectivity index (χ1) is 13.5. The summed E-state index contributed by atoms with van der Waals surface area (Å²) in [7, 11) is 4.62. The first-order valence-corrected chi connectivity index (χ1v) is 9.45. The van der Waals surface area contributed by atoms with Gasteiger partial charge in [0, 0.05) is 30.9 Å². The van der Waals surface area contributed by atoms with Crippen molar-refractivity contribution in [2.24, 2.45) is 5.92 Å². The predicted molar refractivity (Wildman–Crippen MR) is 110 cm³/mol. The summed E-state index contributed by atoms with van der Waals surface area (Å²) in [4.78, 5) is 15.0. The smallest absolute Gasteiger partial charge is 0.251 e. The van der Waals surface area contributed by atoms with Crippen LogP contribution in [0.2, 0.25) is 0 Å². The number of carbonyl (C=O) groups excluding carboxylic acids is 1. The Labute approximate surface area is 166 Å². The SMILES string of the molecule is COc1cc(C(=O)NCC2CCN(c3ccc(C)cc3)C2)cc(OC)c1OC. The van der Waals surface area contributed by atoms with Gasteiger partial charge in [-0.1, -0.05) is 17.7 Å². The van der Waals surface area contributed by atoms with Gasteiger partial charge < -0.3 is 24.4 Å². The van der Waals surface area contributed by atoms with Gasteiger partial charge in [-0.25, -0.2) is 0 Å². The highest BCUT2D eigenvalue weighted by Gasteiger charge is 2.24. The average molecular weight is 384 g/mol. The average Bonchev–Trinajstić information content (AvgIpc) is 3.20. The molecule has 0 aromatic heterocycles. The van der Waals surface area contributed by atoms with Crippen molar-refractivity contribution in [1.82, 2.24) is 5.32 Å². The number of aryl methyl sites for hydroxylation is 1. The van der Waals surface area contributed by atoms with Gasteiger partial charge in [-0.3, -0.25) is 4.79 Å². The fourth-order valence-corrected chi connectivity index (χ4v) is 3.54. The lowest BCUT2D eigenvalue weighted by molar-refractivity contribution is 0.0947. The number of hydrogen-bond donors (Lipinski definition) is 1. The van der Waals surface area contributed by atoms with E-state index in [9.17, 15) is 4.79 Å². The summed E-state index contributed by atoms with van der Waals surface area (Å²) in [5, 5.41) is 3.04. The molecular formula is C22H28N2O4. The van der Waals surface area contributed by atoms with Crippen LogP contribution in [0.25, 0.3) is 0 Å². The van der Waals surface area contributed by atoms with Crippen LogP contribution in [0.15, 0.2) is 36.4 Å². The molecule has 6 heteroatoms. The number of methoxy groups -OCH3 is 3. The number of rotatable bonds is 7. The maximum Gasteiger partial charge on any atom is 0.251 e. The van der Waals surface area contributed by atoms with Crippen LogP contribution < -0.4 is 24.4 Å². The van der Waals surface area contributed by atoms with Gasteiger partial charge in [-0.15, -0.1) is 0 Å². The van der Waals surface area contributed by atoms with Gasteiger partial charge in [0.25, 0.3) is 5.91 Å². The van der Waals surface area contributed by atoms with Gasteiger partial charge in [-0.05, 0) is 43.5 Å². The Bertz CT molecular complexity index is 795. The molecule has 2 aromatic rings. The quantitative estimate of drug-likeness (QED) is 0.794. The van der Waals surface area contributed by atoms with E-state index >= 15 is 0 Å². The Morgan fingerprint density at radius 2 is 1.71 bits per heavy atom. The summed E-state index contributed by atoms with van der Waals surface area (Å²) < 4.78 is 16.0. The lowest BCUT2D eigenvalue weighted by atomic mass is 10.1. The van der Waals surface area contributed by atoms with E-state index in [1.807, 2.05) is 0 Å². The van der Waals surface area contributed by atoms with E-state index in [1.165, 1.54) is 25.5 Å². The Morgan fingerprint density at radius 3 is 2.29 bits per heavy atom. The third-order valence-corrected chi connectivity index (χ3v) is 5.16. The van der Waals surface area contributed by atoms with Crippen molar-refractivity contribution in [3.05, 3.63) is 47.5 Å². The van der Waals surface area contributed by atoms with Crippen LogP contribution in [0.5, 0.6) is 17.2 Å². The van der Waals surface area contributed by atoms with E-state index in [-0.39, 0.29) is 5.91 Å². The van der Waals surface area contributed by atoms with Crippen molar-refractivity contribution < 1.29 is 19.0 Å². The molecule has 6 nitrogen and oxygen atoms in total. The summed E-state index contributed by atoms with van der Waals surface area (Å²) >= 11 is 0. The van der Waals surface area contributed by atoms with Crippen molar-refractivity contribution in [3.63, 3.8) is 0 Å². The normalized spacial score (nSPS) is 16.0. The maximum absolute atomic E-state index is 12.6. The van der Waals surface area contributed by atoms with Crippen LogP contribution in [-0.4, -0.2) is 46.9 Å². The van der Waals surface area contributed by atoms with Gasteiger partial charge in [0.05, 0.1) is 21.3 Å². The van der Waals surface area contributed by atoms with E-state index in [4.69, 9.17) is 14.2 Å². The molecule has 28 heavy (non-hydrogen) atoms. The molecule has 1 heterocycles. The summed E-state index contributed by atoms with van der Waals surface area (Å²) in [5.74, 6) is 1.70. The highest BCUT2D eigenvalue weighted by Crippen LogP contribution is 2.38. The maximum atomic E-state index is 12.6. The Balaban J connectivity index is 1.61. The van der Waals surface area contributed by atoms with Crippen molar-refractivity contribution in [2.45, 2.75) is 13.3 Å². The van der Waals surface area contributed by atoms with Crippen LogP contribution in [0.1, 0.15) is 22.3 Å². The standard InChI is InChI=1S/C22H28N2O4/c1-15-5-7-18(8-6-15)24-10-9-16(14-24)13-23-22(25)17-11-19(26-2)21(28-4)20(12-17)27-3/h5-8,11-12,16H,9-10,13-14H2,1-4H3,(H,23,25). The van der Waals surface area contributed by atoms with Crippen molar-refractivity contribution in [1.29, 1.82) is 0 Å². The number of hydrogen-bond acceptors (Lipinski definition) is 5. The van der Waals surface area contributed by atoms with Gasteiger partial charge in [-0.2, -0.15) is 0 Å². The van der Waals surface area contributed by atoms with Gasteiger partial charge in [0.2, 0.25) is 5.75 Å². The minimum Gasteiger partial charge on any atom is -0.493 e. The number of nitrogens with one attached hydrogen (secondary N) is 1. The van der Waals surface area contributed by atoms with E-state index in [0.29, 0.717) is 35.3 Å². The van der Waals surface area contributed by atoms with E-state index in [2.05, 4.69) is 41.4 Å². The molecule has 1 aliphatic heterocycles. The molecule has 1 N–H and O–H groups in total. The lowest BCUT2D eigenvalue weighted by Crippen LogP contribution is -2.31. The fourth-order valence-electron chi connectivity index (χ4n) is 3.54. The highest BCUT2D eigenvalue weighted by molar-refractivity contribution is 5.95. The van der Waals surface area contributed by atoms with Crippen LogP contribution in [0.3, 0.4) is 0 Å². The molecule has 1 amide bonds. The summed E-state index contributed by atoms with van der Waals surface area (Å²) in [6.45, 7) is 4.68. The van der Waals surface area contributed by atoms with Crippen LogP contribution in [-0.2, 0) is 0 Å². The van der Waals surface area contributed by atoms with Gasteiger partial charge in [0.15, 0.2) is 11.5 Å². The van der Waals surface area contributed by atoms with Gasteiger partial charge in [0.1, 0.15) is 0 Å². The molecule has 1 fully saturated rings. The number of anilines is 1. The minimum atomic E-state index is -0.145. The van der Waals surface area contributed by atoms with Gasteiger partial charge >= 0.3 is 0 Å². The van der Waals surface area contributed by atoms with E-state index in [0.717, 1.165) is 19.5 Å². The molecule has 1 aliphatic rings. The molecule has 1 atom stereocenters. The Morgan fingerprint density at radius 1 is 1.07 bits per heavy atom. The second-order valence-electron chi connectivity index (χ2n) is 7.06. The summed E-state index contributed by atoms with van der Waals surface area (Å²) in [6.07, 6.45) is 1.06. The largest absolute Gasteiger partial charge is 0.493 e. The second-order valence-corrected chi connectivity index (χ2v) is 7.06. The number of benzene rings is 2. The minimum absolute atomic E-state index is 0.145. The first-order valence-electron chi connectivity index (χ1n) is 9.45. The number of amides is 1. The number of nitrogens with zero attached hydrogens (tertiary/aromatic N) is 1. The monoisotopic (exact) mass is 384 g/mol. The van der Waals surface area contributed by atoms with E-state index in [1.54, 1.807) is 19.2 Å². The molecule has 2 aromatic carbocycles. The van der Waals surface area contributed by atoms with Crippen LogP contribution in [0.4, 0.5) is 5.69 Å². The zero-order valence-corrected chi connectivity index (χ0v) is 17.0. The topological polar surface area (TPSA) is 60.0 Å². The zero-order valence-electron chi connectivity index (χ0n) is 17.0. The number of ether oxygens (including phenoxy) is 3. The molecule has 1 saturated heterocycles. The number of carbonyl (C=O) groups is 1. The van der Waals surface area contributed by atoms with Crippen molar-refractivity contribution in [3.8, 4) is 17.2 Å². The summed E-state index contributed by atoms with van der Waals surface area (Å²) in [5.41, 5.74) is 2.99. The summed E-state index contributed by atoms with van der Waals surface area (Å²) in [6, 6.07) is 11.9. The van der Waals surface area contributed by atoms with Crippen LogP contribution in [0, 0.1) is 12.8 Å². The molecule has 0 aliphatic carbocycles. The molecule has 1 unspecified atom stereocenters.